The normalized spacial score (nSPS) is 9.73. The second-order valence-corrected chi connectivity index (χ2v) is 3.83. The maximum atomic E-state index is 9.09. The minimum atomic E-state index is 0.760. The van der Waals surface area contributed by atoms with Crippen LogP contribution in [0.4, 0.5) is 5.69 Å². The second kappa shape index (κ2) is 5.77. The SMILES string of the molecule is CCN(CC)c1ccc(CBr)cc1C#N. The lowest BCUT2D eigenvalue weighted by molar-refractivity contribution is 0.864. The van der Waals surface area contributed by atoms with Gasteiger partial charge in [0, 0.05) is 18.4 Å². The Balaban J connectivity index is 3.13. The van der Waals surface area contributed by atoms with Gasteiger partial charge in [0.1, 0.15) is 6.07 Å². The largest absolute Gasteiger partial charge is 0.371 e. The van der Waals surface area contributed by atoms with E-state index in [9.17, 15) is 0 Å². The molecule has 80 valence electrons. The summed E-state index contributed by atoms with van der Waals surface area (Å²) in [5, 5.41) is 9.88. The molecule has 0 heterocycles. The molecule has 3 heteroatoms. The van der Waals surface area contributed by atoms with Crippen LogP contribution >= 0.6 is 15.9 Å². The second-order valence-electron chi connectivity index (χ2n) is 3.27. The number of rotatable bonds is 4. The predicted octanol–water partition coefficient (Wildman–Crippen LogP) is 3.30. The van der Waals surface area contributed by atoms with Gasteiger partial charge in [0.2, 0.25) is 0 Å². The van der Waals surface area contributed by atoms with Crippen LogP contribution in [0.15, 0.2) is 18.2 Å². The summed E-state index contributed by atoms with van der Waals surface area (Å²) in [4.78, 5) is 2.19. The molecule has 0 aliphatic rings. The summed E-state index contributed by atoms with van der Waals surface area (Å²) in [7, 11) is 0. The highest BCUT2D eigenvalue weighted by Gasteiger charge is 2.08. The lowest BCUT2D eigenvalue weighted by Gasteiger charge is -2.22. The Labute approximate surface area is 99.6 Å². The van der Waals surface area contributed by atoms with Crippen LogP contribution in [0.2, 0.25) is 0 Å². The molecule has 0 saturated carbocycles. The van der Waals surface area contributed by atoms with Crippen molar-refractivity contribution < 1.29 is 0 Å². The molecule has 0 N–H and O–H groups in total. The standard InChI is InChI=1S/C12H15BrN2/c1-3-15(4-2)12-6-5-10(8-13)7-11(12)9-14/h5-7H,3-4,8H2,1-2H3. The van der Waals surface area contributed by atoms with Gasteiger partial charge in [-0.3, -0.25) is 0 Å². The topological polar surface area (TPSA) is 27.0 Å². The summed E-state index contributed by atoms with van der Waals surface area (Å²) in [5.41, 5.74) is 2.94. The monoisotopic (exact) mass is 266 g/mol. The molecule has 0 radical (unpaired) electrons. The maximum Gasteiger partial charge on any atom is 0.101 e. The molecule has 1 aromatic carbocycles. The van der Waals surface area contributed by atoms with Crippen molar-refractivity contribution in [3.05, 3.63) is 29.3 Å². The van der Waals surface area contributed by atoms with Crippen LogP contribution in [0.3, 0.4) is 0 Å². The minimum Gasteiger partial charge on any atom is -0.371 e. The number of halogens is 1. The highest BCUT2D eigenvalue weighted by atomic mass is 79.9. The van der Waals surface area contributed by atoms with Crippen molar-refractivity contribution in [2.75, 3.05) is 18.0 Å². The zero-order valence-electron chi connectivity index (χ0n) is 9.13. The zero-order valence-corrected chi connectivity index (χ0v) is 10.7. The molecule has 0 aliphatic heterocycles. The van der Waals surface area contributed by atoms with Crippen molar-refractivity contribution in [2.45, 2.75) is 19.2 Å². The van der Waals surface area contributed by atoms with Crippen LogP contribution in [-0.2, 0) is 5.33 Å². The van der Waals surface area contributed by atoms with Crippen LogP contribution in [0.5, 0.6) is 0 Å². The average Bonchev–Trinajstić information content (AvgIpc) is 2.31. The zero-order chi connectivity index (χ0) is 11.3. The first-order valence-electron chi connectivity index (χ1n) is 5.10. The molecule has 2 nitrogen and oxygen atoms in total. The lowest BCUT2D eigenvalue weighted by atomic mass is 10.1. The Morgan fingerprint density at radius 2 is 2.00 bits per heavy atom. The van der Waals surface area contributed by atoms with E-state index in [2.05, 4.69) is 46.8 Å². The molecule has 0 aliphatic carbocycles. The van der Waals surface area contributed by atoms with E-state index < -0.39 is 0 Å². The number of hydrogen-bond acceptors (Lipinski definition) is 2. The average molecular weight is 267 g/mol. The van der Waals surface area contributed by atoms with E-state index >= 15 is 0 Å². The fourth-order valence-corrected chi connectivity index (χ4v) is 1.94. The fraction of sp³-hybridized carbons (Fsp3) is 0.417. The molecule has 0 spiro atoms. The van der Waals surface area contributed by atoms with E-state index in [1.165, 1.54) is 0 Å². The van der Waals surface area contributed by atoms with Crippen LogP contribution < -0.4 is 4.90 Å². The van der Waals surface area contributed by atoms with Gasteiger partial charge < -0.3 is 4.90 Å². The molecular weight excluding hydrogens is 252 g/mol. The highest BCUT2D eigenvalue weighted by molar-refractivity contribution is 9.08. The molecule has 0 bridgehead atoms. The molecular formula is C12H15BrN2. The van der Waals surface area contributed by atoms with Crippen LogP contribution in [0, 0.1) is 11.3 Å². The van der Waals surface area contributed by atoms with E-state index in [0.29, 0.717) is 0 Å². The first-order chi connectivity index (χ1) is 7.26. The number of anilines is 1. The first-order valence-corrected chi connectivity index (χ1v) is 6.22. The van der Waals surface area contributed by atoms with Gasteiger partial charge in [-0.15, -0.1) is 0 Å². The van der Waals surface area contributed by atoms with E-state index in [1.807, 2.05) is 12.1 Å². The Kier molecular flexibility index (Phi) is 4.64. The third-order valence-corrected chi connectivity index (χ3v) is 3.09. The van der Waals surface area contributed by atoms with Crippen molar-refractivity contribution in [1.82, 2.24) is 0 Å². The van der Waals surface area contributed by atoms with Crippen LogP contribution in [-0.4, -0.2) is 13.1 Å². The van der Waals surface area contributed by atoms with Gasteiger partial charge in [-0.05, 0) is 31.5 Å². The lowest BCUT2D eigenvalue weighted by Crippen LogP contribution is -2.22. The Morgan fingerprint density at radius 1 is 1.33 bits per heavy atom. The van der Waals surface area contributed by atoms with Gasteiger partial charge in [-0.1, -0.05) is 22.0 Å². The van der Waals surface area contributed by atoms with Crippen molar-refractivity contribution in [3.8, 4) is 6.07 Å². The molecule has 0 unspecified atom stereocenters. The van der Waals surface area contributed by atoms with Crippen molar-refractivity contribution in [2.24, 2.45) is 0 Å². The first kappa shape index (κ1) is 12.1. The van der Waals surface area contributed by atoms with E-state index in [1.54, 1.807) is 0 Å². The number of nitriles is 1. The third kappa shape index (κ3) is 2.73. The summed E-state index contributed by atoms with van der Waals surface area (Å²) < 4.78 is 0. The van der Waals surface area contributed by atoms with E-state index in [0.717, 1.165) is 35.2 Å². The van der Waals surface area contributed by atoms with Gasteiger partial charge in [0.25, 0.3) is 0 Å². The Bertz CT molecular complexity index is 364. The molecule has 1 rings (SSSR count). The summed E-state index contributed by atoms with van der Waals surface area (Å²) in [5.74, 6) is 0. The summed E-state index contributed by atoms with van der Waals surface area (Å²) in [6.45, 7) is 6.06. The fourth-order valence-electron chi connectivity index (χ4n) is 1.60. The third-order valence-electron chi connectivity index (χ3n) is 2.44. The molecule has 0 amide bonds. The quantitative estimate of drug-likeness (QED) is 0.782. The predicted molar refractivity (Wildman–Crippen MR) is 67.3 cm³/mol. The Hall–Kier alpha value is -1.01. The molecule has 0 fully saturated rings. The van der Waals surface area contributed by atoms with Crippen molar-refractivity contribution in [3.63, 3.8) is 0 Å². The molecule has 15 heavy (non-hydrogen) atoms. The minimum absolute atomic E-state index is 0.760. The highest BCUT2D eigenvalue weighted by Crippen LogP contribution is 2.22. The number of hydrogen-bond donors (Lipinski definition) is 0. The molecule has 0 atom stereocenters. The van der Waals surface area contributed by atoms with Crippen LogP contribution in [0.25, 0.3) is 0 Å². The van der Waals surface area contributed by atoms with Gasteiger partial charge in [-0.25, -0.2) is 0 Å². The number of nitrogens with zero attached hydrogens (tertiary/aromatic N) is 2. The van der Waals surface area contributed by atoms with Crippen molar-refractivity contribution >= 4 is 21.6 Å². The number of alkyl halides is 1. The summed E-state index contributed by atoms with van der Waals surface area (Å²) in [6.07, 6.45) is 0. The molecule has 0 saturated heterocycles. The Morgan fingerprint density at radius 3 is 2.47 bits per heavy atom. The summed E-state index contributed by atoms with van der Waals surface area (Å²) >= 11 is 3.39. The van der Waals surface area contributed by atoms with E-state index in [-0.39, 0.29) is 0 Å². The van der Waals surface area contributed by atoms with Gasteiger partial charge in [0.15, 0.2) is 0 Å². The smallest absolute Gasteiger partial charge is 0.101 e. The molecule has 1 aromatic rings. The van der Waals surface area contributed by atoms with Crippen LogP contribution in [0.1, 0.15) is 25.0 Å². The summed E-state index contributed by atoms with van der Waals surface area (Å²) in [6, 6.07) is 8.29. The number of benzene rings is 1. The molecule has 0 aromatic heterocycles. The van der Waals surface area contributed by atoms with Gasteiger partial charge in [0.05, 0.1) is 11.3 Å². The van der Waals surface area contributed by atoms with Gasteiger partial charge >= 0.3 is 0 Å². The van der Waals surface area contributed by atoms with Crippen molar-refractivity contribution in [1.29, 1.82) is 5.26 Å². The maximum absolute atomic E-state index is 9.09. The van der Waals surface area contributed by atoms with Gasteiger partial charge in [-0.2, -0.15) is 5.26 Å². The van der Waals surface area contributed by atoms with E-state index in [4.69, 9.17) is 5.26 Å².